The van der Waals surface area contributed by atoms with Crippen molar-refractivity contribution in [3.8, 4) is 0 Å². The number of rotatable bonds is 3. The zero-order valence-corrected chi connectivity index (χ0v) is 10.2. The molecule has 0 radical (unpaired) electrons. The Kier molecular flexibility index (Phi) is 3.15. The van der Waals surface area contributed by atoms with Crippen molar-refractivity contribution in [2.45, 2.75) is 20.3 Å². The quantitative estimate of drug-likeness (QED) is 0.759. The fourth-order valence-electron chi connectivity index (χ4n) is 1.64. The highest BCUT2D eigenvalue weighted by molar-refractivity contribution is 7.05. The van der Waals surface area contributed by atoms with Gasteiger partial charge in [-0.05, 0) is 30.9 Å². The highest BCUT2D eigenvalue weighted by atomic mass is 32.1. The van der Waals surface area contributed by atoms with Crippen LogP contribution in [-0.4, -0.2) is 10.2 Å². The topological polar surface area (TPSA) is 30.0 Å². The molecule has 1 aromatic carbocycles. The normalized spacial score (nSPS) is 10.4. The van der Waals surface area contributed by atoms with Crippen LogP contribution in [0.4, 0.5) is 0 Å². The van der Waals surface area contributed by atoms with Gasteiger partial charge in [-0.2, -0.15) is 4.37 Å². The van der Waals surface area contributed by atoms with Crippen molar-refractivity contribution in [2.24, 2.45) is 0 Å². The molecule has 0 saturated heterocycles. The SMILES string of the molecule is Cc1nsc(C)c1CC(=O)c1ccccc1. The Morgan fingerprint density at radius 1 is 1.25 bits per heavy atom. The van der Waals surface area contributed by atoms with Crippen LogP contribution in [0.25, 0.3) is 0 Å². The maximum atomic E-state index is 12.0. The lowest BCUT2D eigenvalue weighted by Gasteiger charge is -2.01. The van der Waals surface area contributed by atoms with E-state index in [2.05, 4.69) is 4.37 Å². The lowest BCUT2D eigenvalue weighted by molar-refractivity contribution is 0.0992. The Bertz CT molecular complexity index is 482. The molecule has 0 aliphatic rings. The Hall–Kier alpha value is -1.48. The van der Waals surface area contributed by atoms with E-state index < -0.39 is 0 Å². The van der Waals surface area contributed by atoms with Crippen LogP contribution in [0, 0.1) is 13.8 Å². The smallest absolute Gasteiger partial charge is 0.167 e. The summed E-state index contributed by atoms with van der Waals surface area (Å²) in [6.07, 6.45) is 0.457. The van der Waals surface area contributed by atoms with Crippen LogP contribution in [0.15, 0.2) is 30.3 Å². The van der Waals surface area contributed by atoms with Crippen LogP contribution in [0.1, 0.15) is 26.5 Å². The van der Waals surface area contributed by atoms with Crippen LogP contribution in [0.5, 0.6) is 0 Å². The predicted octanol–water partition coefficient (Wildman–Crippen LogP) is 3.19. The Labute approximate surface area is 99.1 Å². The molecule has 0 bridgehead atoms. The molecular formula is C13H13NOS. The molecular weight excluding hydrogens is 218 g/mol. The van der Waals surface area contributed by atoms with Crippen LogP contribution in [0.2, 0.25) is 0 Å². The lowest BCUT2D eigenvalue weighted by atomic mass is 10.0. The van der Waals surface area contributed by atoms with Gasteiger partial charge in [-0.25, -0.2) is 0 Å². The van der Waals surface area contributed by atoms with Crippen molar-refractivity contribution >= 4 is 17.3 Å². The van der Waals surface area contributed by atoms with Gasteiger partial charge in [0.15, 0.2) is 5.78 Å². The molecule has 0 aliphatic heterocycles. The van der Waals surface area contributed by atoms with Crippen molar-refractivity contribution in [3.63, 3.8) is 0 Å². The molecule has 0 atom stereocenters. The van der Waals surface area contributed by atoms with E-state index in [0.717, 1.165) is 21.7 Å². The maximum absolute atomic E-state index is 12.0. The lowest BCUT2D eigenvalue weighted by Crippen LogP contribution is -2.04. The number of hydrogen-bond acceptors (Lipinski definition) is 3. The number of nitrogens with zero attached hydrogens (tertiary/aromatic N) is 1. The zero-order chi connectivity index (χ0) is 11.5. The molecule has 2 rings (SSSR count). The number of ketones is 1. The first kappa shape index (κ1) is 11.0. The van der Waals surface area contributed by atoms with Gasteiger partial charge in [0, 0.05) is 16.9 Å². The summed E-state index contributed by atoms with van der Waals surface area (Å²) in [4.78, 5) is 13.1. The first-order valence-electron chi connectivity index (χ1n) is 5.18. The molecule has 0 saturated carbocycles. The van der Waals surface area contributed by atoms with E-state index in [1.807, 2.05) is 44.2 Å². The van der Waals surface area contributed by atoms with Gasteiger partial charge in [0.2, 0.25) is 0 Å². The molecule has 0 spiro atoms. The monoisotopic (exact) mass is 231 g/mol. The van der Waals surface area contributed by atoms with Crippen molar-refractivity contribution in [1.29, 1.82) is 0 Å². The Morgan fingerprint density at radius 3 is 2.50 bits per heavy atom. The molecule has 0 unspecified atom stereocenters. The van der Waals surface area contributed by atoms with E-state index in [1.165, 1.54) is 11.5 Å². The van der Waals surface area contributed by atoms with E-state index >= 15 is 0 Å². The Morgan fingerprint density at radius 2 is 1.94 bits per heavy atom. The predicted molar refractivity (Wildman–Crippen MR) is 66.1 cm³/mol. The fourth-order valence-corrected chi connectivity index (χ4v) is 2.36. The van der Waals surface area contributed by atoms with E-state index in [-0.39, 0.29) is 5.78 Å². The molecule has 0 amide bonds. The van der Waals surface area contributed by atoms with Crippen molar-refractivity contribution in [2.75, 3.05) is 0 Å². The second kappa shape index (κ2) is 4.58. The summed E-state index contributed by atoms with van der Waals surface area (Å²) in [6.45, 7) is 3.97. The third-order valence-corrected chi connectivity index (χ3v) is 3.50. The third-order valence-electron chi connectivity index (χ3n) is 2.61. The maximum Gasteiger partial charge on any atom is 0.167 e. The van der Waals surface area contributed by atoms with Gasteiger partial charge >= 0.3 is 0 Å². The standard InChI is InChI=1S/C13H13NOS/c1-9-12(10(2)16-14-9)8-13(15)11-6-4-3-5-7-11/h3-7H,8H2,1-2H3. The van der Waals surface area contributed by atoms with Crippen molar-refractivity contribution in [1.82, 2.24) is 4.37 Å². The van der Waals surface area contributed by atoms with Gasteiger partial charge in [0.1, 0.15) is 0 Å². The number of aromatic nitrogens is 1. The number of benzene rings is 1. The van der Waals surface area contributed by atoms with Crippen molar-refractivity contribution < 1.29 is 4.79 Å². The summed E-state index contributed by atoms with van der Waals surface area (Å²) in [6, 6.07) is 9.40. The minimum Gasteiger partial charge on any atom is -0.294 e. The third kappa shape index (κ3) is 2.19. The minimum atomic E-state index is 0.159. The van der Waals surface area contributed by atoms with Crippen LogP contribution in [0.3, 0.4) is 0 Å². The van der Waals surface area contributed by atoms with Crippen LogP contribution < -0.4 is 0 Å². The van der Waals surface area contributed by atoms with Gasteiger partial charge in [-0.1, -0.05) is 30.3 Å². The van der Waals surface area contributed by atoms with E-state index in [1.54, 1.807) is 0 Å². The molecule has 82 valence electrons. The second-order valence-corrected chi connectivity index (χ2v) is 4.75. The van der Waals surface area contributed by atoms with Crippen LogP contribution >= 0.6 is 11.5 Å². The summed E-state index contributed by atoms with van der Waals surface area (Å²) in [5, 5.41) is 0. The molecule has 2 nitrogen and oxygen atoms in total. The molecule has 2 aromatic rings. The summed E-state index contributed by atoms with van der Waals surface area (Å²) in [7, 11) is 0. The summed E-state index contributed by atoms with van der Waals surface area (Å²) in [5.74, 6) is 0.159. The first-order valence-corrected chi connectivity index (χ1v) is 5.96. The average molecular weight is 231 g/mol. The van der Waals surface area contributed by atoms with Crippen molar-refractivity contribution in [3.05, 3.63) is 52.0 Å². The molecule has 0 aliphatic carbocycles. The van der Waals surface area contributed by atoms with Gasteiger partial charge in [0.05, 0.1) is 5.69 Å². The molecule has 16 heavy (non-hydrogen) atoms. The van der Waals surface area contributed by atoms with Crippen LogP contribution in [-0.2, 0) is 6.42 Å². The highest BCUT2D eigenvalue weighted by Gasteiger charge is 2.12. The van der Waals surface area contributed by atoms with E-state index in [4.69, 9.17) is 0 Å². The average Bonchev–Trinajstić information content (AvgIpc) is 2.62. The molecule has 1 heterocycles. The molecule has 0 N–H and O–H groups in total. The number of hydrogen-bond donors (Lipinski definition) is 0. The van der Waals surface area contributed by atoms with Gasteiger partial charge in [-0.3, -0.25) is 4.79 Å². The zero-order valence-electron chi connectivity index (χ0n) is 9.36. The van der Waals surface area contributed by atoms with Gasteiger partial charge in [0.25, 0.3) is 0 Å². The number of carbonyl (C=O) groups excluding carboxylic acids is 1. The minimum absolute atomic E-state index is 0.159. The van der Waals surface area contributed by atoms with Gasteiger partial charge < -0.3 is 0 Å². The first-order chi connectivity index (χ1) is 7.68. The Balaban J connectivity index is 2.21. The summed E-state index contributed by atoms with van der Waals surface area (Å²) < 4.78 is 4.25. The highest BCUT2D eigenvalue weighted by Crippen LogP contribution is 2.19. The largest absolute Gasteiger partial charge is 0.294 e. The summed E-state index contributed by atoms with van der Waals surface area (Å²) >= 11 is 1.47. The summed E-state index contributed by atoms with van der Waals surface area (Å²) in [5.41, 5.74) is 2.83. The van der Waals surface area contributed by atoms with Gasteiger partial charge in [-0.15, -0.1) is 0 Å². The molecule has 3 heteroatoms. The second-order valence-electron chi connectivity index (χ2n) is 3.77. The molecule has 1 aromatic heterocycles. The number of Topliss-reactive ketones (excluding diaryl/α,β-unsaturated/α-hetero) is 1. The van der Waals surface area contributed by atoms with E-state index in [0.29, 0.717) is 6.42 Å². The number of carbonyl (C=O) groups is 1. The number of aryl methyl sites for hydroxylation is 2. The fraction of sp³-hybridized carbons (Fsp3) is 0.231. The molecule has 0 fully saturated rings. The van der Waals surface area contributed by atoms with E-state index in [9.17, 15) is 4.79 Å².